The number of carboxylic acids is 2. The lowest BCUT2D eigenvalue weighted by molar-refractivity contribution is 0.0696. The van der Waals surface area contributed by atoms with Gasteiger partial charge in [0.05, 0.1) is 16.8 Å². The fraction of sp³-hybridized carbons (Fsp3) is 0.529. The van der Waals surface area contributed by atoms with E-state index in [1.54, 1.807) is 6.07 Å². The van der Waals surface area contributed by atoms with Crippen LogP contribution in [0.4, 0.5) is 5.69 Å². The molecular weight excluding hydrogens is 296 g/mol. The van der Waals surface area contributed by atoms with Gasteiger partial charge in [-0.1, -0.05) is 6.42 Å². The van der Waals surface area contributed by atoms with Gasteiger partial charge in [0.15, 0.2) is 0 Å². The van der Waals surface area contributed by atoms with Gasteiger partial charge in [0.25, 0.3) is 0 Å². The highest BCUT2D eigenvalue weighted by Crippen LogP contribution is 2.38. The van der Waals surface area contributed by atoms with Crippen molar-refractivity contribution >= 4 is 17.6 Å². The van der Waals surface area contributed by atoms with Crippen molar-refractivity contribution in [1.82, 2.24) is 0 Å². The molecule has 0 bridgehead atoms. The highest BCUT2D eigenvalue weighted by Gasteiger charge is 2.36. The van der Waals surface area contributed by atoms with Gasteiger partial charge in [0, 0.05) is 19.1 Å². The molecule has 0 spiro atoms. The maximum absolute atomic E-state index is 11.5. The number of hydrogen-bond donors (Lipinski definition) is 3. The molecule has 2 fully saturated rings. The van der Waals surface area contributed by atoms with Gasteiger partial charge in [-0.25, -0.2) is 9.59 Å². The van der Waals surface area contributed by atoms with Gasteiger partial charge >= 0.3 is 11.9 Å². The Morgan fingerprint density at radius 1 is 1.13 bits per heavy atom. The van der Waals surface area contributed by atoms with E-state index in [1.165, 1.54) is 12.1 Å². The largest absolute Gasteiger partial charge is 0.478 e. The summed E-state index contributed by atoms with van der Waals surface area (Å²) < 4.78 is 0. The van der Waals surface area contributed by atoms with Crippen molar-refractivity contribution in [2.24, 2.45) is 17.6 Å². The number of carbonyl (C=O) groups is 2. The van der Waals surface area contributed by atoms with E-state index in [2.05, 4.69) is 4.90 Å². The summed E-state index contributed by atoms with van der Waals surface area (Å²) in [5, 5.41) is 18.5. The van der Waals surface area contributed by atoms with Crippen molar-refractivity contribution in [1.29, 1.82) is 0 Å². The van der Waals surface area contributed by atoms with Crippen LogP contribution in [0.2, 0.25) is 0 Å². The van der Waals surface area contributed by atoms with Crippen LogP contribution in [0.1, 0.15) is 46.4 Å². The van der Waals surface area contributed by atoms with Crippen molar-refractivity contribution in [3.8, 4) is 0 Å². The summed E-state index contributed by atoms with van der Waals surface area (Å²) >= 11 is 0. The van der Waals surface area contributed by atoms with E-state index in [0.717, 1.165) is 38.8 Å². The lowest BCUT2D eigenvalue weighted by Gasteiger charge is -2.45. The minimum absolute atomic E-state index is 0.000671. The van der Waals surface area contributed by atoms with Gasteiger partial charge in [-0.05, 0) is 49.3 Å². The van der Waals surface area contributed by atoms with E-state index in [9.17, 15) is 14.7 Å². The normalized spacial score (nSPS) is 27.3. The molecule has 2 aliphatic rings. The van der Waals surface area contributed by atoms with Crippen molar-refractivity contribution in [3.63, 3.8) is 0 Å². The summed E-state index contributed by atoms with van der Waals surface area (Å²) in [5.41, 5.74) is 6.90. The number of nitrogens with zero attached hydrogens (tertiary/aromatic N) is 1. The van der Waals surface area contributed by atoms with Crippen LogP contribution >= 0.6 is 0 Å². The Bertz CT molecular complexity index is 631. The number of piperidine rings is 1. The zero-order valence-corrected chi connectivity index (χ0v) is 12.9. The quantitative estimate of drug-likeness (QED) is 0.788. The van der Waals surface area contributed by atoms with Crippen LogP contribution in [0.15, 0.2) is 18.2 Å². The molecule has 3 unspecified atom stereocenters. The average Bonchev–Trinajstić information content (AvgIpc) is 2.54. The minimum atomic E-state index is -1.11. The molecule has 0 aromatic heterocycles. The summed E-state index contributed by atoms with van der Waals surface area (Å²) in [6.45, 7) is 1.56. The number of rotatable bonds is 3. The topological polar surface area (TPSA) is 104 Å². The predicted octanol–water partition coefficient (Wildman–Crippen LogP) is 2.04. The number of anilines is 1. The van der Waals surface area contributed by atoms with Crippen molar-refractivity contribution in [2.45, 2.75) is 31.7 Å². The number of fused-ring (bicyclic) bond motifs is 1. The molecule has 1 aromatic carbocycles. The van der Waals surface area contributed by atoms with Crippen LogP contribution in [-0.4, -0.2) is 41.3 Å². The molecule has 23 heavy (non-hydrogen) atoms. The van der Waals surface area contributed by atoms with E-state index in [-0.39, 0.29) is 17.2 Å². The maximum Gasteiger partial charge on any atom is 0.337 e. The second kappa shape index (κ2) is 6.20. The van der Waals surface area contributed by atoms with Crippen LogP contribution in [0.5, 0.6) is 0 Å². The summed E-state index contributed by atoms with van der Waals surface area (Å²) in [7, 11) is 0. The summed E-state index contributed by atoms with van der Waals surface area (Å²) in [5.74, 6) is -1.19. The Morgan fingerprint density at radius 3 is 2.61 bits per heavy atom. The predicted molar refractivity (Wildman–Crippen MR) is 86.0 cm³/mol. The number of aromatic carboxylic acids is 2. The Morgan fingerprint density at radius 2 is 1.91 bits per heavy atom. The van der Waals surface area contributed by atoms with Crippen LogP contribution in [0.3, 0.4) is 0 Å². The Hall–Kier alpha value is -2.08. The molecule has 3 rings (SSSR count). The molecule has 1 saturated carbocycles. The molecule has 4 N–H and O–H groups in total. The lowest BCUT2D eigenvalue weighted by Crippen LogP contribution is -2.49. The first-order valence-electron chi connectivity index (χ1n) is 8.08. The maximum atomic E-state index is 11.5. The zero-order valence-electron chi connectivity index (χ0n) is 12.9. The second-order valence-corrected chi connectivity index (χ2v) is 6.60. The molecule has 3 atom stereocenters. The lowest BCUT2D eigenvalue weighted by atomic mass is 9.72. The fourth-order valence-electron chi connectivity index (χ4n) is 4.08. The third-order valence-electron chi connectivity index (χ3n) is 5.27. The first-order valence-corrected chi connectivity index (χ1v) is 8.08. The van der Waals surface area contributed by atoms with Crippen LogP contribution in [0, 0.1) is 11.8 Å². The van der Waals surface area contributed by atoms with Crippen molar-refractivity contribution < 1.29 is 19.8 Å². The van der Waals surface area contributed by atoms with Gasteiger partial charge < -0.3 is 20.8 Å². The number of benzene rings is 1. The van der Waals surface area contributed by atoms with Gasteiger partial charge in [0.1, 0.15) is 0 Å². The van der Waals surface area contributed by atoms with Gasteiger partial charge in [-0.2, -0.15) is 0 Å². The smallest absolute Gasteiger partial charge is 0.337 e. The third-order valence-corrected chi connectivity index (χ3v) is 5.27. The number of hydrogen-bond acceptors (Lipinski definition) is 4. The fourth-order valence-corrected chi connectivity index (χ4v) is 4.08. The molecule has 1 heterocycles. The van der Waals surface area contributed by atoms with Gasteiger partial charge in [-0.3, -0.25) is 0 Å². The third kappa shape index (κ3) is 3.03. The highest BCUT2D eigenvalue weighted by atomic mass is 16.4. The summed E-state index contributed by atoms with van der Waals surface area (Å²) in [6, 6.07) is 4.60. The SMILES string of the molecule is NC1CCCC2CN(c3ccc(C(=O)O)cc3C(=O)O)CCC12. The molecular formula is C17H22N2O4. The monoisotopic (exact) mass is 318 g/mol. The van der Waals surface area contributed by atoms with E-state index in [4.69, 9.17) is 10.8 Å². The molecule has 6 heteroatoms. The minimum Gasteiger partial charge on any atom is -0.478 e. The molecule has 1 saturated heterocycles. The van der Waals surface area contributed by atoms with Crippen molar-refractivity contribution in [2.75, 3.05) is 18.0 Å². The average molecular weight is 318 g/mol. The Labute approximate surface area is 134 Å². The molecule has 0 amide bonds. The summed E-state index contributed by atoms with van der Waals surface area (Å²) in [6.07, 6.45) is 4.30. The Balaban J connectivity index is 1.87. The van der Waals surface area contributed by atoms with Crippen LogP contribution in [0.25, 0.3) is 0 Å². The number of carboxylic acid groups (broad SMARTS) is 2. The van der Waals surface area contributed by atoms with Crippen LogP contribution < -0.4 is 10.6 Å². The zero-order chi connectivity index (χ0) is 16.6. The number of nitrogens with two attached hydrogens (primary N) is 1. The molecule has 0 radical (unpaired) electrons. The molecule has 1 aliphatic carbocycles. The van der Waals surface area contributed by atoms with E-state index >= 15 is 0 Å². The summed E-state index contributed by atoms with van der Waals surface area (Å²) in [4.78, 5) is 24.7. The van der Waals surface area contributed by atoms with Gasteiger partial charge in [-0.15, -0.1) is 0 Å². The van der Waals surface area contributed by atoms with E-state index in [1.807, 2.05) is 0 Å². The van der Waals surface area contributed by atoms with E-state index < -0.39 is 11.9 Å². The van der Waals surface area contributed by atoms with Gasteiger partial charge in [0.2, 0.25) is 0 Å². The highest BCUT2D eigenvalue weighted by molar-refractivity contribution is 5.98. The second-order valence-electron chi connectivity index (χ2n) is 6.60. The van der Waals surface area contributed by atoms with Crippen LogP contribution in [-0.2, 0) is 0 Å². The first kappa shape index (κ1) is 15.8. The standard InChI is InChI=1S/C17H22N2O4/c18-14-3-1-2-11-9-19(7-6-12(11)14)15-5-4-10(16(20)21)8-13(15)17(22)23/h4-5,8,11-12,14H,1-3,6-7,9,18H2,(H,20,21)(H,22,23). The Kier molecular flexibility index (Phi) is 4.26. The van der Waals surface area contributed by atoms with Crippen molar-refractivity contribution in [3.05, 3.63) is 29.3 Å². The first-order chi connectivity index (χ1) is 11.0. The molecule has 6 nitrogen and oxygen atoms in total. The van der Waals surface area contributed by atoms with E-state index in [0.29, 0.717) is 17.5 Å². The molecule has 124 valence electrons. The molecule has 1 aromatic rings. The molecule has 1 aliphatic heterocycles.